The third-order valence-corrected chi connectivity index (χ3v) is 5.36. The minimum atomic E-state index is 0.647. The quantitative estimate of drug-likeness (QED) is 0.322. The lowest BCUT2D eigenvalue weighted by Gasteiger charge is -2.09. The smallest absolute Gasteiger partial charge is 0.164 e. The SMILES string of the molecule is C=CC1=CC=C(c2ccc(-c3nc(-c4ccccc4)nc(-c4ccccc4)n3)cc2)C=C=C1. The molecule has 1 aromatic heterocycles. The van der Waals surface area contributed by atoms with E-state index in [1.165, 1.54) is 0 Å². The van der Waals surface area contributed by atoms with E-state index < -0.39 is 0 Å². The van der Waals surface area contributed by atoms with Crippen LogP contribution in [-0.4, -0.2) is 15.0 Å². The van der Waals surface area contributed by atoms with Crippen LogP contribution in [0.3, 0.4) is 0 Å². The monoisotopic (exact) mass is 423 g/mol. The van der Waals surface area contributed by atoms with E-state index in [0.717, 1.165) is 33.4 Å². The summed E-state index contributed by atoms with van der Waals surface area (Å²) in [5.41, 5.74) is 9.27. The molecule has 4 aromatic rings. The second kappa shape index (κ2) is 9.27. The van der Waals surface area contributed by atoms with Crippen LogP contribution in [0.4, 0.5) is 0 Å². The predicted octanol–water partition coefficient (Wildman–Crippen LogP) is 7.09. The van der Waals surface area contributed by atoms with E-state index in [-0.39, 0.29) is 0 Å². The van der Waals surface area contributed by atoms with Gasteiger partial charge >= 0.3 is 0 Å². The Balaban J connectivity index is 1.56. The number of nitrogens with zero attached hydrogens (tertiary/aromatic N) is 3. The molecule has 0 aliphatic heterocycles. The van der Waals surface area contributed by atoms with Gasteiger partial charge < -0.3 is 0 Å². The van der Waals surface area contributed by atoms with E-state index in [1.807, 2.05) is 85.0 Å². The Labute approximate surface area is 193 Å². The van der Waals surface area contributed by atoms with Crippen LogP contribution in [0, 0.1) is 0 Å². The first-order valence-corrected chi connectivity index (χ1v) is 10.7. The first kappa shape index (κ1) is 20.3. The molecule has 0 amide bonds. The van der Waals surface area contributed by atoms with Crippen molar-refractivity contribution in [3.8, 4) is 34.2 Å². The average Bonchev–Trinajstić information content (AvgIpc) is 3.15. The second-order valence-corrected chi connectivity index (χ2v) is 7.56. The van der Waals surface area contributed by atoms with Gasteiger partial charge in [0.05, 0.1) is 0 Å². The number of hydrogen-bond donors (Lipinski definition) is 0. The molecule has 3 heteroatoms. The Bertz CT molecular complexity index is 1360. The van der Waals surface area contributed by atoms with E-state index in [4.69, 9.17) is 15.0 Å². The molecular weight excluding hydrogens is 402 g/mol. The summed E-state index contributed by atoms with van der Waals surface area (Å²) in [4.78, 5) is 14.3. The van der Waals surface area contributed by atoms with Crippen LogP contribution < -0.4 is 0 Å². The van der Waals surface area contributed by atoms with Crippen LogP contribution >= 0.6 is 0 Å². The highest BCUT2D eigenvalue weighted by Crippen LogP contribution is 2.26. The summed E-state index contributed by atoms with van der Waals surface area (Å²) in [5, 5.41) is 0. The molecule has 1 aliphatic carbocycles. The fourth-order valence-electron chi connectivity index (χ4n) is 3.57. The maximum Gasteiger partial charge on any atom is 0.164 e. The van der Waals surface area contributed by atoms with Gasteiger partial charge in [-0.1, -0.05) is 110 Å². The van der Waals surface area contributed by atoms with Gasteiger partial charge in [-0.25, -0.2) is 15.0 Å². The Morgan fingerprint density at radius 3 is 1.55 bits per heavy atom. The van der Waals surface area contributed by atoms with Crippen molar-refractivity contribution in [1.29, 1.82) is 0 Å². The Kier molecular flexibility index (Phi) is 5.71. The highest BCUT2D eigenvalue weighted by Gasteiger charge is 2.12. The van der Waals surface area contributed by atoms with Gasteiger partial charge in [0.15, 0.2) is 17.5 Å². The molecule has 3 nitrogen and oxygen atoms in total. The zero-order chi connectivity index (χ0) is 22.5. The molecule has 0 fully saturated rings. The molecule has 5 rings (SSSR count). The van der Waals surface area contributed by atoms with Crippen LogP contribution in [0.1, 0.15) is 5.56 Å². The number of allylic oxidation sites excluding steroid dienone is 6. The van der Waals surface area contributed by atoms with E-state index in [9.17, 15) is 0 Å². The standard InChI is InChI=1S/C30H21N3/c1-2-22-10-9-15-23(17-16-22)24-18-20-27(21-19-24)30-32-28(25-11-5-3-6-12-25)31-29(33-30)26-13-7-4-8-14-26/h2-8,10-21H,1H2. The van der Waals surface area contributed by atoms with Gasteiger partial charge in [-0.05, 0) is 28.9 Å². The van der Waals surface area contributed by atoms with Crippen LogP contribution in [0.15, 0.2) is 133 Å². The van der Waals surface area contributed by atoms with Gasteiger partial charge in [-0.2, -0.15) is 0 Å². The molecule has 0 atom stereocenters. The summed E-state index contributed by atoms with van der Waals surface area (Å²) < 4.78 is 0. The molecule has 1 aliphatic rings. The number of aromatic nitrogens is 3. The number of benzene rings is 3. The largest absolute Gasteiger partial charge is 0.208 e. The molecular formula is C30H21N3. The molecule has 1 heterocycles. The second-order valence-electron chi connectivity index (χ2n) is 7.56. The fraction of sp³-hybridized carbons (Fsp3) is 0. The van der Waals surface area contributed by atoms with Crippen molar-refractivity contribution in [1.82, 2.24) is 15.0 Å². The molecule has 0 N–H and O–H groups in total. The zero-order valence-corrected chi connectivity index (χ0v) is 18.0. The summed E-state index contributed by atoms with van der Waals surface area (Å²) in [6.45, 7) is 3.83. The van der Waals surface area contributed by atoms with Crippen molar-refractivity contribution >= 4 is 5.57 Å². The summed E-state index contributed by atoms with van der Waals surface area (Å²) in [5.74, 6) is 1.96. The molecule has 3 aromatic carbocycles. The lowest BCUT2D eigenvalue weighted by atomic mass is 10.0. The van der Waals surface area contributed by atoms with Gasteiger partial charge in [-0.15, -0.1) is 5.73 Å². The molecule has 0 saturated carbocycles. The molecule has 33 heavy (non-hydrogen) atoms. The summed E-state index contributed by atoms with van der Waals surface area (Å²) in [6.07, 6.45) is 9.83. The van der Waals surface area contributed by atoms with Crippen LogP contribution in [0.5, 0.6) is 0 Å². The highest BCUT2D eigenvalue weighted by molar-refractivity contribution is 5.77. The van der Waals surface area contributed by atoms with Gasteiger partial charge in [-0.3, -0.25) is 0 Å². The van der Waals surface area contributed by atoms with Crippen molar-refractivity contribution < 1.29 is 0 Å². The van der Waals surface area contributed by atoms with Crippen LogP contribution in [0.25, 0.3) is 39.7 Å². The lowest BCUT2D eigenvalue weighted by molar-refractivity contribution is 1.07. The maximum atomic E-state index is 4.80. The van der Waals surface area contributed by atoms with Gasteiger partial charge in [0, 0.05) is 16.7 Å². The predicted molar refractivity (Wildman–Crippen MR) is 135 cm³/mol. The van der Waals surface area contributed by atoms with Crippen molar-refractivity contribution in [2.24, 2.45) is 0 Å². The first-order valence-electron chi connectivity index (χ1n) is 10.7. The molecule has 0 unspecified atom stereocenters. The van der Waals surface area contributed by atoms with Crippen LogP contribution in [-0.2, 0) is 0 Å². The fourth-order valence-corrected chi connectivity index (χ4v) is 3.57. The van der Waals surface area contributed by atoms with Crippen molar-refractivity contribution in [3.05, 3.63) is 139 Å². The molecule has 0 saturated heterocycles. The van der Waals surface area contributed by atoms with E-state index in [0.29, 0.717) is 17.5 Å². The molecule has 156 valence electrons. The Morgan fingerprint density at radius 1 is 0.545 bits per heavy atom. The van der Waals surface area contributed by atoms with Gasteiger partial charge in [0.1, 0.15) is 0 Å². The minimum absolute atomic E-state index is 0.647. The third-order valence-electron chi connectivity index (χ3n) is 5.36. The van der Waals surface area contributed by atoms with E-state index >= 15 is 0 Å². The highest BCUT2D eigenvalue weighted by atomic mass is 15.0. The van der Waals surface area contributed by atoms with Crippen molar-refractivity contribution in [2.45, 2.75) is 0 Å². The third kappa shape index (κ3) is 4.54. The normalized spacial score (nSPS) is 12.6. The lowest BCUT2D eigenvalue weighted by Crippen LogP contribution is -2.00. The van der Waals surface area contributed by atoms with E-state index in [1.54, 1.807) is 0 Å². The number of rotatable bonds is 5. The maximum absolute atomic E-state index is 4.80. The van der Waals surface area contributed by atoms with Crippen molar-refractivity contribution in [2.75, 3.05) is 0 Å². The molecule has 0 spiro atoms. The summed E-state index contributed by atoms with van der Waals surface area (Å²) >= 11 is 0. The van der Waals surface area contributed by atoms with Crippen molar-refractivity contribution in [3.63, 3.8) is 0 Å². The topological polar surface area (TPSA) is 38.7 Å². The minimum Gasteiger partial charge on any atom is -0.208 e. The Hall–Kier alpha value is -4.59. The van der Waals surface area contributed by atoms with Gasteiger partial charge in [0.2, 0.25) is 0 Å². The average molecular weight is 424 g/mol. The first-order chi connectivity index (χ1) is 16.3. The van der Waals surface area contributed by atoms with Gasteiger partial charge in [0.25, 0.3) is 0 Å². The zero-order valence-electron chi connectivity index (χ0n) is 18.0. The molecule has 0 bridgehead atoms. The molecule has 0 radical (unpaired) electrons. The summed E-state index contributed by atoms with van der Waals surface area (Å²) in [7, 11) is 0. The Morgan fingerprint density at radius 2 is 1.03 bits per heavy atom. The van der Waals surface area contributed by atoms with Crippen LogP contribution in [0.2, 0.25) is 0 Å². The summed E-state index contributed by atoms with van der Waals surface area (Å²) in [6, 6.07) is 28.3. The van der Waals surface area contributed by atoms with E-state index in [2.05, 4.69) is 42.7 Å². The number of hydrogen-bond acceptors (Lipinski definition) is 3.